The highest BCUT2D eigenvalue weighted by Crippen LogP contribution is 2.37. The van der Waals surface area contributed by atoms with Crippen LogP contribution in [0.5, 0.6) is 0 Å². The largest absolute Gasteiger partial charge is 0.507 e. The number of β-amino-alcohol motifs (C(OH)–C–C–N with tert-alkyl or cyclic N) is 1. The molecule has 0 saturated carbocycles. The predicted octanol–water partition coefficient (Wildman–Crippen LogP) is -0.797. The maximum absolute atomic E-state index is 12.5. The van der Waals surface area contributed by atoms with Crippen molar-refractivity contribution in [2.75, 3.05) is 13.2 Å². The van der Waals surface area contributed by atoms with Gasteiger partial charge in [0, 0.05) is 12.1 Å². The number of aliphatic hydroxyl groups excluding tert-OH is 2. The molecule has 0 aromatic heterocycles. The van der Waals surface area contributed by atoms with E-state index >= 15 is 0 Å². The summed E-state index contributed by atoms with van der Waals surface area (Å²) in [6.45, 7) is 0.915. The lowest BCUT2D eigenvalue weighted by Gasteiger charge is -2.31. The van der Waals surface area contributed by atoms with Crippen LogP contribution in [0.4, 0.5) is 4.79 Å². The van der Waals surface area contributed by atoms with E-state index < -0.39 is 47.2 Å². The van der Waals surface area contributed by atoms with Gasteiger partial charge in [-0.15, -0.1) is 0 Å². The molecule has 2 heterocycles. The molecule has 2 aliphatic rings. The Labute approximate surface area is 141 Å². The first-order valence-electron chi connectivity index (χ1n) is 7.44. The fourth-order valence-corrected chi connectivity index (χ4v) is 3.00. The zero-order valence-electron chi connectivity index (χ0n) is 13.2. The van der Waals surface area contributed by atoms with Gasteiger partial charge in [-0.1, -0.05) is 29.8 Å². The van der Waals surface area contributed by atoms with Gasteiger partial charge in [-0.25, -0.2) is 4.79 Å². The fraction of sp³-hybridized carbons (Fsp3) is 0.250. The number of carbonyl (C=O) groups excluding carboxylic acids is 4. The lowest BCUT2D eigenvalue weighted by molar-refractivity contribution is -0.144. The highest BCUT2D eigenvalue weighted by Gasteiger charge is 2.65. The Kier molecular flexibility index (Phi) is 3.80. The SMILES string of the molecule is Cc1ccc(/C(O)=C2\C(=O)C(=O)N(CCO)C23NC(=O)NC3=O)cc1. The van der Waals surface area contributed by atoms with Crippen LogP contribution in [0.3, 0.4) is 0 Å². The normalized spacial score (nSPS) is 24.8. The number of Topliss-reactive ketones (excluding diaryl/α,β-unsaturated/α-hetero) is 1. The molecule has 4 N–H and O–H groups in total. The number of nitrogens with zero attached hydrogens (tertiary/aromatic N) is 1. The van der Waals surface area contributed by atoms with Crippen molar-refractivity contribution in [3.05, 3.63) is 41.0 Å². The topological polar surface area (TPSA) is 136 Å². The number of likely N-dealkylation sites (tertiary alicyclic amines) is 1. The first-order chi connectivity index (χ1) is 11.8. The van der Waals surface area contributed by atoms with Crippen LogP contribution in [0.15, 0.2) is 29.8 Å². The van der Waals surface area contributed by atoms with E-state index in [9.17, 15) is 29.4 Å². The van der Waals surface area contributed by atoms with Crippen molar-refractivity contribution in [1.29, 1.82) is 0 Å². The minimum absolute atomic E-state index is 0.209. The highest BCUT2D eigenvalue weighted by molar-refractivity contribution is 6.49. The Hall–Kier alpha value is -3.20. The second-order valence-electron chi connectivity index (χ2n) is 5.72. The summed E-state index contributed by atoms with van der Waals surface area (Å²) in [5.74, 6) is -3.78. The second-order valence-corrected chi connectivity index (χ2v) is 5.72. The molecule has 9 heteroatoms. The van der Waals surface area contributed by atoms with E-state index in [0.717, 1.165) is 10.5 Å². The number of hydrogen-bond donors (Lipinski definition) is 4. The van der Waals surface area contributed by atoms with Gasteiger partial charge in [0.2, 0.25) is 5.66 Å². The number of nitrogens with one attached hydrogen (secondary N) is 2. The van der Waals surface area contributed by atoms with Crippen LogP contribution >= 0.6 is 0 Å². The molecule has 1 atom stereocenters. The number of ketones is 1. The standard InChI is InChI=1S/C16H15N3O6/c1-8-2-4-9(5-3-8)11(21)10-12(22)13(23)19(6-7-20)16(10)14(24)17-15(25)18-16/h2-5,20-21H,6-7H2,1H3,(H2,17,18,24,25)/b11-10-. The second kappa shape index (κ2) is 5.71. The smallest absolute Gasteiger partial charge is 0.324 e. The van der Waals surface area contributed by atoms with Crippen molar-refractivity contribution >= 4 is 29.4 Å². The van der Waals surface area contributed by atoms with Crippen LogP contribution < -0.4 is 10.6 Å². The molecule has 1 unspecified atom stereocenters. The Balaban J connectivity index is 2.25. The fourth-order valence-electron chi connectivity index (χ4n) is 3.00. The van der Waals surface area contributed by atoms with E-state index in [-0.39, 0.29) is 12.1 Å². The molecule has 2 saturated heterocycles. The molecule has 2 aliphatic heterocycles. The molecule has 1 aromatic rings. The number of carbonyl (C=O) groups is 4. The van der Waals surface area contributed by atoms with Gasteiger partial charge in [-0.2, -0.15) is 0 Å². The number of aryl methyl sites for hydroxylation is 1. The summed E-state index contributed by atoms with van der Waals surface area (Å²) >= 11 is 0. The van der Waals surface area contributed by atoms with Crippen molar-refractivity contribution in [3.63, 3.8) is 0 Å². The molecule has 2 fully saturated rings. The maximum atomic E-state index is 12.5. The van der Waals surface area contributed by atoms with Crippen molar-refractivity contribution in [3.8, 4) is 0 Å². The molecular formula is C16H15N3O6. The van der Waals surface area contributed by atoms with E-state index in [1.165, 1.54) is 12.1 Å². The minimum atomic E-state index is -2.18. The highest BCUT2D eigenvalue weighted by atomic mass is 16.3. The van der Waals surface area contributed by atoms with E-state index in [0.29, 0.717) is 0 Å². The summed E-state index contributed by atoms with van der Waals surface area (Å²) < 4.78 is 0. The number of urea groups is 1. The van der Waals surface area contributed by atoms with Crippen molar-refractivity contribution in [2.45, 2.75) is 12.6 Å². The van der Waals surface area contributed by atoms with Gasteiger partial charge in [0.25, 0.3) is 17.6 Å². The lowest BCUT2D eigenvalue weighted by atomic mass is 9.95. The summed E-state index contributed by atoms with van der Waals surface area (Å²) in [6, 6.07) is 5.49. The van der Waals surface area contributed by atoms with Crippen LogP contribution in [-0.2, 0) is 14.4 Å². The van der Waals surface area contributed by atoms with E-state index in [2.05, 4.69) is 5.32 Å². The number of hydrogen-bond acceptors (Lipinski definition) is 6. The van der Waals surface area contributed by atoms with Gasteiger partial charge in [-0.3, -0.25) is 24.6 Å². The average Bonchev–Trinajstić information content (AvgIpc) is 2.97. The molecule has 130 valence electrons. The molecule has 0 aliphatic carbocycles. The molecule has 4 amide bonds. The average molecular weight is 345 g/mol. The minimum Gasteiger partial charge on any atom is -0.507 e. The van der Waals surface area contributed by atoms with Crippen LogP contribution in [0.25, 0.3) is 5.76 Å². The van der Waals surface area contributed by atoms with Gasteiger partial charge in [0.05, 0.1) is 6.61 Å². The molecule has 3 rings (SSSR count). The number of imide groups is 1. The van der Waals surface area contributed by atoms with Crippen molar-refractivity contribution < 1.29 is 29.4 Å². The summed E-state index contributed by atoms with van der Waals surface area (Å²) in [5.41, 5.74) is -1.61. The molecule has 9 nitrogen and oxygen atoms in total. The predicted molar refractivity (Wildman–Crippen MR) is 83.9 cm³/mol. The zero-order chi connectivity index (χ0) is 18.4. The van der Waals surface area contributed by atoms with Crippen LogP contribution in [0.1, 0.15) is 11.1 Å². The molecule has 1 spiro atoms. The van der Waals surface area contributed by atoms with Gasteiger partial charge < -0.3 is 15.5 Å². The summed E-state index contributed by atoms with van der Waals surface area (Å²) in [5, 5.41) is 24.0. The molecular weight excluding hydrogens is 330 g/mol. The third-order valence-electron chi connectivity index (χ3n) is 4.17. The monoisotopic (exact) mass is 345 g/mol. The van der Waals surface area contributed by atoms with Gasteiger partial charge in [0.15, 0.2) is 0 Å². The maximum Gasteiger partial charge on any atom is 0.324 e. The summed E-state index contributed by atoms with van der Waals surface area (Å²) in [7, 11) is 0. The van der Waals surface area contributed by atoms with Crippen molar-refractivity contribution in [1.82, 2.24) is 15.5 Å². The van der Waals surface area contributed by atoms with E-state index in [4.69, 9.17) is 0 Å². The first kappa shape index (κ1) is 16.7. The quantitative estimate of drug-likeness (QED) is 0.245. The van der Waals surface area contributed by atoms with E-state index in [1.807, 2.05) is 12.2 Å². The lowest BCUT2D eigenvalue weighted by Crippen LogP contribution is -2.59. The van der Waals surface area contributed by atoms with Crippen molar-refractivity contribution in [2.24, 2.45) is 0 Å². The Morgan fingerprint density at radius 2 is 1.80 bits per heavy atom. The molecule has 1 aromatic carbocycles. The Morgan fingerprint density at radius 3 is 2.32 bits per heavy atom. The van der Waals surface area contributed by atoms with Crippen LogP contribution in [0, 0.1) is 6.92 Å². The van der Waals surface area contributed by atoms with E-state index in [1.54, 1.807) is 12.1 Å². The van der Waals surface area contributed by atoms with Crippen LogP contribution in [0.2, 0.25) is 0 Å². The number of benzene rings is 1. The molecule has 0 bridgehead atoms. The summed E-state index contributed by atoms with van der Waals surface area (Å²) in [6.07, 6.45) is 0. The summed E-state index contributed by atoms with van der Waals surface area (Å²) in [4.78, 5) is 49.6. The van der Waals surface area contributed by atoms with Gasteiger partial charge in [-0.05, 0) is 6.92 Å². The number of amides is 4. The zero-order valence-corrected chi connectivity index (χ0v) is 13.2. The van der Waals surface area contributed by atoms with Gasteiger partial charge in [0.1, 0.15) is 11.3 Å². The Bertz CT molecular complexity index is 829. The third kappa shape index (κ3) is 2.28. The van der Waals surface area contributed by atoms with Gasteiger partial charge >= 0.3 is 6.03 Å². The van der Waals surface area contributed by atoms with Crippen LogP contribution in [-0.4, -0.2) is 57.6 Å². The first-order valence-corrected chi connectivity index (χ1v) is 7.44. The molecule has 25 heavy (non-hydrogen) atoms. The third-order valence-corrected chi connectivity index (χ3v) is 4.17. The number of aliphatic hydroxyl groups is 2. The Morgan fingerprint density at radius 1 is 1.16 bits per heavy atom. The number of rotatable bonds is 3. The molecule has 0 radical (unpaired) electrons.